The fourth-order valence-corrected chi connectivity index (χ4v) is 1.12. The molecule has 1 aliphatic rings. The van der Waals surface area contributed by atoms with Crippen molar-refractivity contribution in [3.05, 3.63) is 11.6 Å². The zero-order chi connectivity index (χ0) is 8.27. The molecule has 2 heteroatoms. The van der Waals surface area contributed by atoms with Gasteiger partial charge in [0.2, 0.25) is 0 Å². The summed E-state index contributed by atoms with van der Waals surface area (Å²) in [5, 5.41) is 0. The minimum absolute atomic E-state index is 0.0890. The maximum absolute atomic E-state index is 10.9. The van der Waals surface area contributed by atoms with E-state index in [-0.39, 0.29) is 12.1 Å². The standard InChI is InChI=1S/C9H14O2/c1-7-3-5-8(2)11-9(10)6-4-7/h4,8H,3,5-6H2,1-2H3/b7-4-. The lowest BCUT2D eigenvalue weighted by molar-refractivity contribution is -0.147. The summed E-state index contributed by atoms with van der Waals surface area (Å²) in [5.74, 6) is -0.100. The predicted octanol–water partition coefficient (Wildman–Crippen LogP) is 2.05. The summed E-state index contributed by atoms with van der Waals surface area (Å²) in [6.07, 6.45) is 4.48. The number of rotatable bonds is 0. The van der Waals surface area contributed by atoms with Gasteiger partial charge in [0.1, 0.15) is 0 Å². The van der Waals surface area contributed by atoms with E-state index in [1.165, 1.54) is 5.57 Å². The zero-order valence-corrected chi connectivity index (χ0v) is 7.09. The molecule has 0 radical (unpaired) electrons. The highest BCUT2D eigenvalue weighted by Gasteiger charge is 2.11. The van der Waals surface area contributed by atoms with Gasteiger partial charge in [-0.3, -0.25) is 4.79 Å². The Bertz CT molecular complexity index is 182. The monoisotopic (exact) mass is 154 g/mol. The third-order valence-corrected chi connectivity index (χ3v) is 1.90. The van der Waals surface area contributed by atoms with Crippen LogP contribution in [0, 0.1) is 0 Å². The van der Waals surface area contributed by atoms with Crippen molar-refractivity contribution in [3.63, 3.8) is 0 Å². The van der Waals surface area contributed by atoms with Gasteiger partial charge in [0, 0.05) is 0 Å². The van der Waals surface area contributed by atoms with Crippen molar-refractivity contribution < 1.29 is 9.53 Å². The molecular weight excluding hydrogens is 140 g/mol. The molecule has 0 aliphatic carbocycles. The third-order valence-electron chi connectivity index (χ3n) is 1.90. The lowest BCUT2D eigenvalue weighted by atomic mass is 10.1. The van der Waals surface area contributed by atoms with Crippen LogP contribution in [0.3, 0.4) is 0 Å². The number of allylic oxidation sites excluding steroid dienone is 1. The maximum Gasteiger partial charge on any atom is 0.309 e. The van der Waals surface area contributed by atoms with Gasteiger partial charge in [-0.2, -0.15) is 0 Å². The first-order chi connectivity index (χ1) is 5.18. The number of carbonyl (C=O) groups is 1. The maximum atomic E-state index is 10.9. The second kappa shape index (κ2) is 3.56. The largest absolute Gasteiger partial charge is 0.462 e. The smallest absolute Gasteiger partial charge is 0.309 e. The molecule has 0 spiro atoms. The lowest BCUT2D eigenvalue weighted by Gasteiger charge is -2.15. The van der Waals surface area contributed by atoms with Crippen molar-refractivity contribution in [2.24, 2.45) is 0 Å². The normalized spacial score (nSPS) is 31.3. The Kier molecular flexibility index (Phi) is 2.69. The van der Waals surface area contributed by atoms with Crippen LogP contribution in [0.5, 0.6) is 0 Å². The van der Waals surface area contributed by atoms with Gasteiger partial charge in [-0.05, 0) is 26.7 Å². The van der Waals surface area contributed by atoms with Crippen LogP contribution in [0.15, 0.2) is 11.6 Å². The van der Waals surface area contributed by atoms with Gasteiger partial charge in [-0.1, -0.05) is 11.6 Å². The van der Waals surface area contributed by atoms with Crippen LogP contribution in [-0.4, -0.2) is 12.1 Å². The fourth-order valence-electron chi connectivity index (χ4n) is 1.12. The van der Waals surface area contributed by atoms with Crippen LogP contribution in [0.4, 0.5) is 0 Å². The Morgan fingerprint density at radius 2 is 2.36 bits per heavy atom. The highest BCUT2D eigenvalue weighted by Crippen LogP contribution is 2.13. The first-order valence-electron chi connectivity index (χ1n) is 4.03. The van der Waals surface area contributed by atoms with E-state index in [9.17, 15) is 4.79 Å². The van der Waals surface area contributed by atoms with Crippen LogP contribution in [-0.2, 0) is 9.53 Å². The lowest BCUT2D eigenvalue weighted by Crippen LogP contribution is -2.15. The Balaban J connectivity index is 2.57. The van der Waals surface area contributed by atoms with E-state index in [4.69, 9.17) is 4.74 Å². The van der Waals surface area contributed by atoms with Gasteiger partial charge in [0.25, 0.3) is 0 Å². The van der Waals surface area contributed by atoms with Crippen LogP contribution >= 0.6 is 0 Å². The molecule has 1 rings (SSSR count). The summed E-state index contributed by atoms with van der Waals surface area (Å²) in [6, 6.07) is 0. The van der Waals surface area contributed by atoms with Crippen molar-refractivity contribution in [2.45, 2.75) is 39.2 Å². The molecule has 0 saturated carbocycles. The molecule has 0 aromatic rings. The summed E-state index contributed by atoms with van der Waals surface area (Å²) in [6.45, 7) is 4.00. The third kappa shape index (κ3) is 2.74. The first kappa shape index (κ1) is 8.31. The summed E-state index contributed by atoms with van der Waals surface area (Å²) >= 11 is 0. The first-order valence-corrected chi connectivity index (χ1v) is 4.03. The molecule has 2 nitrogen and oxygen atoms in total. The fraction of sp³-hybridized carbons (Fsp3) is 0.667. The van der Waals surface area contributed by atoms with E-state index in [2.05, 4.69) is 6.92 Å². The SMILES string of the molecule is C/C1=C/CC(=O)OC(C)CC1. The molecule has 62 valence electrons. The number of hydrogen-bond acceptors (Lipinski definition) is 2. The Morgan fingerprint density at radius 1 is 1.64 bits per heavy atom. The molecule has 1 aliphatic heterocycles. The van der Waals surface area contributed by atoms with Crippen LogP contribution in [0.2, 0.25) is 0 Å². The summed E-state index contributed by atoms with van der Waals surface area (Å²) < 4.78 is 5.06. The van der Waals surface area contributed by atoms with E-state index < -0.39 is 0 Å². The molecule has 0 aromatic carbocycles. The quantitative estimate of drug-likeness (QED) is 0.394. The number of esters is 1. The summed E-state index contributed by atoms with van der Waals surface area (Å²) in [5.41, 5.74) is 1.30. The van der Waals surface area contributed by atoms with E-state index in [1.807, 2.05) is 13.0 Å². The molecule has 0 amide bonds. The van der Waals surface area contributed by atoms with Gasteiger partial charge < -0.3 is 4.74 Å². The van der Waals surface area contributed by atoms with E-state index >= 15 is 0 Å². The highest BCUT2D eigenvalue weighted by atomic mass is 16.5. The molecule has 0 bridgehead atoms. The van der Waals surface area contributed by atoms with Gasteiger partial charge in [0.05, 0.1) is 12.5 Å². The topological polar surface area (TPSA) is 26.3 Å². The van der Waals surface area contributed by atoms with Gasteiger partial charge >= 0.3 is 5.97 Å². The average Bonchev–Trinajstić information content (AvgIpc) is 1.95. The number of ether oxygens (including phenoxy) is 1. The predicted molar refractivity (Wildman–Crippen MR) is 43.2 cm³/mol. The minimum atomic E-state index is -0.100. The summed E-state index contributed by atoms with van der Waals surface area (Å²) in [4.78, 5) is 10.9. The molecule has 0 N–H and O–H groups in total. The Morgan fingerprint density at radius 3 is 3.09 bits per heavy atom. The van der Waals surface area contributed by atoms with Crippen molar-refractivity contribution >= 4 is 5.97 Å². The Labute approximate surface area is 67.2 Å². The molecular formula is C9H14O2. The highest BCUT2D eigenvalue weighted by molar-refractivity contribution is 5.71. The molecule has 1 unspecified atom stereocenters. The van der Waals surface area contributed by atoms with Gasteiger partial charge in [-0.25, -0.2) is 0 Å². The molecule has 11 heavy (non-hydrogen) atoms. The number of hydrogen-bond donors (Lipinski definition) is 0. The van der Waals surface area contributed by atoms with E-state index in [1.54, 1.807) is 0 Å². The average molecular weight is 154 g/mol. The molecule has 0 fully saturated rings. The zero-order valence-electron chi connectivity index (χ0n) is 7.09. The van der Waals surface area contributed by atoms with Crippen LogP contribution in [0.1, 0.15) is 33.1 Å². The van der Waals surface area contributed by atoms with Crippen molar-refractivity contribution in [1.29, 1.82) is 0 Å². The van der Waals surface area contributed by atoms with Crippen molar-refractivity contribution in [1.82, 2.24) is 0 Å². The van der Waals surface area contributed by atoms with Gasteiger partial charge in [-0.15, -0.1) is 0 Å². The second-order valence-corrected chi connectivity index (χ2v) is 3.09. The number of cyclic esters (lactones) is 1. The van der Waals surface area contributed by atoms with Crippen LogP contribution in [0.25, 0.3) is 0 Å². The Hall–Kier alpha value is -0.790. The molecule has 0 saturated heterocycles. The summed E-state index contributed by atoms with van der Waals surface area (Å²) in [7, 11) is 0. The van der Waals surface area contributed by atoms with E-state index in [0.717, 1.165) is 12.8 Å². The molecule has 1 atom stereocenters. The van der Waals surface area contributed by atoms with Gasteiger partial charge in [0.15, 0.2) is 0 Å². The van der Waals surface area contributed by atoms with Crippen molar-refractivity contribution in [2.75, 3.05) is 0 Å². The molecule has 1 heterocycles. The number of carbonyl (C=O) groups excluding carboxylic acids is 1. The molecule has 0 aromatic heterocycles. The minimum Gasteiger partial charge on any atom is -0.462 e. The van der Waals surface area contributed by atoms with E-state index in [0.29, 0.717) is 6.42 Å². The van der Waals surface area contributed by atoms with Crippen LogP contribution < -0.4 is 0 Å². The van der Waals surface area contributed by atoms with Crippen molar-refractivity contribution in [3.8, 4) is 0 Å². The second-order valence-electron chi connectivity index (χ2n) is 3.09.